The van der Waals surface area contributed by atoms with Gasteiger partial charge in [-0.3, -0.25) is 9.36 Å². The second-order valence-electron chi connectivity index (χ2n) is 6.70. The molecule has 1 saturated heterocycles. The van der Waals surface area contributed by atoms with Gasteiger partial charge in [0.2, 0.25) is 11.9 Å². The molecule has 0 bridgehead atoms. The molecule has 0 radical (unpaired) electrons. The number of carbonyl (C=O) groups excluding carboxylic acids is 1. The number of nitrogens with zero attached hydrogens (tertiary/aromatic N) is 4. The van der Waals surface area contributed by atoms with Gasteiger partial charge in [0.15, 0.2) is 5.16 Å². The van der Waals surface area contributed by atoms with Gasteiger partial charge in [-0.2, -0.15) is 0 Å². The van der Waals surface area contributed by atoms with Crippen LogP contribution in [0.3, 0.4) is 0 Å². The van der Waals surface area contributed by atoms with E-state index in [2.05, 4.69) is 20.4 Å². The lowest BCUT2D eigenvalue weighted by atomic mass is 10.3. The molecule has 0 unspecified atom stereocenters. The van der Waals surface area contributed by atoms with Crippen LogP contribution in [0, 0.1) is 0 Å². The van der Waals surface area contributed by atoms with Gasteiger partial charge < -0.3 is 10.2 Å². The highest BCUT2D eigenvalue weighted by Gasteiger charge is 2.24. The SMILES string of the molecule is O=C(CSc1nnc(N2CCCC2)n1-c1ccccc1Cl)Nc1c(Cl)cccc1Cl. The first-order valence-electron chi connectivity index (χ1n) is 9.36. The summed E-state index contributed by atoms with van der Waals surface area (Å²) in [4.78, 5) is 14.7. The number of anilines is 2. The predicted molar refractivity (Wildman–Crippen MR) is 124 cm³/mol. The average Bonchev–Trinajstić information content (AvgIpc) is 3.39. The Morgan fingerprint density at radius 3 is 2.33 bits per heavy atom. The van der Waals surface area contributed by atoms with Crippen molar-refractivity contribution in [3.63, 3.8) is 0 Å². The molecule has 3 aromatic rings. The molecule has 2 heterocycles. The van der Waals surface area contributed by atoms with Crippen molar-refractivity contribution in [1.29, 1.82) is 0 Å². The Balaban J connectivity index is 1.57. The maximum absolute atomic E-state index is 12.5. The van der Waals surface area contributed by atoms with Crippen molar-refractivity contribution in [2.45, 2.75) is 18.0 Å². The Morgan fingerprint density at radius 2 is 1.63 bits per heavy atom. The van der Waals surface area contributed by atoms with Gasteiger partial charge in [-0.15, -0.1) is 10.2 Å². The van der Waals surface area contributed by atoms with Crippen molar-refractivity contribution >= 4 is 64.1 Å². The highest BCUT2D eigenvalue weighted by atomic mass is 35.5. The highest BCUT2D eigenvalue weighted by molar-refractivity contribution is 7.99. The molecule has 1 aromatic heterocycles. The molecule has 1 fully saturated rings. The Hall–Kier alpha value is -1.93. The summed E-state index contributed by atoms with van der Waals surface area (Å²) in [7, 11) is 0. The van der Waals surface area contributed by atoms with Crippen LogP contribution >= 0.6 is 46.6 Å². The largest absolute Gasteiger partial charge is 0.341 e. The number of benzene rings is 2. The zero-order chi connectivity index (χ0) is 21.1. The van der Waals surface area contributed by atoms with E-state index in [9.17, 15) is 4.79 Å². The number of hydrogen-bond donors (Lipinski definition) is 1. The molecule has 0 spiro atoms. The fourth-order valence-corrected chi connectivity index (χ4v) is 4.70. The molecule has 156 valence electrons. The minimum atomic E-state index is -0.244. The molecule has 1 amide bonds. The van der Waals surface area contributed by atoms with Gasteiger partial charge in [0.05, 0.1) is 32.2 Å². The fourth-order valence-electron chi connectivity index (χ4n) is 3.24. The molecule has 2 aromatic carbocycles. The zero-order valence-corrected chi connectivity index (χ0v) is 18.9. The number of nitrogens with one attached hydrogen (secondary N) is 1. The zero-order valence-electron chi connectivity index (χ0n) is 15.8. The second-order valence-corrected chi connectivity index (χ2v) is 8.86. The lowest BCUT2D eigenvalue weighted by Crippen LogP contribution is -2.22. The number of para-hydroxylation sites is 2. The first kappa shape index (κ1) is 21.3. The summed E-state index contributed by atoms with van der Waals surface area (Å²) in [6.07, 6.45) is 2.22. The normalized spacial score (nSPS) is 13.6. The average molecular weight is 483 g/mol. The van der Waals surface area contributed by atoms with E-state index in [0.717, 1.165) is 37.6 Å². The maximum atomic E-state index is 12.5. The number of hydrogen-bond acceptors (Lipinski definition) is 5. The molecule has 10 heteroatoms. The van der Waals surface area contributed by atoms with Gasteiger partial charge in [-0.05, 0) is 37.1 Å². The quantitative estimate of drug-likeness (QED) is 0.466. The molecule has 4 rings (SSSR count). The highest BCUT2D eigenvalue weighted by Crippen LogP contribution is 2.33. The summed E-state index contributed by atoms with van der Waals surface area (Å²) in [5, 5.41) is 13.4. The molecule has 0 saturated carbocycles. The third-order valence-electron chi connectivity index (χ3n) is 4.66. The van der Waals surface area contributed by atoms with Crippen molar-refractivity contribution < 1.29 is 4.79 Å². The first-order valence-corrected chi connectivity index (χ1v) is 11.5. The number of amides is 1. The number of halogens is 3. The van der Waals surface area contributed by atoms with E-state index < -0.39 is 0 Å². The molecule has 1 aliphatic heterocycles. The van der Waals surface area contributed by atoms with Crippen LogP contribution in [0.15, 0.2) is 47.6 Å². The van der Waals surface area contributed by atoms with Crippen molar-refractivity contribution in [2.24, 2.45) is 0 Å². The number of aromatic nitrogens is 3. The van der Waals surface area contributed by atoms with Crippen molar-refractivity contribution in [3.05, 3.63) is 57.5 Å². The Labute approximate surface area is 193 Å². The third-order valence-corrected chi connectivity index (χ3v) is 6.54. The van der Waals surface area contributed by atoms with Crippen molar-refractivity contribution in [3.8, 4) is 5.69 Å². The summed E-state index contributed by atoms with van der Waals surface area (Å²) in [5.74, 6) is 0.605. The van der Waals surface area contributed by atoms with Crippen LogP contribution < -0.4 is 10.2 Å². The maximum Gasteiger partial charge on any atom is 0.234 e. The van der Waals surface area contributed by atoms with Gasteiger partial charge in [-0.25, -0.2) is 0 Å². The van der Waals surface area contributed by atoms with Crippen molar-refractivity contribution in [2.75, 3.05) is 29.1 Å². The van der Waals surface area contributed by atoms with Gasteiger partial charge in [0.25, 0.3) is 0 Å². The minimum Gasteiger partial charge on any atom is -0.341 e. The molecular weight excluding hydrogens is 465 g/mol. The molecule has 1 aliphatic rings. The molecular formula is C20H18Cl3N5OS. The summed E-state index contributed by atoms with van der Waals surface area (Å²) >= 11 is 20.0. The number of thioether (sulfide) groups is 1. The first-order chi connectivity index (χ1) is 14.5. The van der Waals surface area contributed by atoms with E-state index in [4.69, 9.17) is 34.8 Å². The monoisotopic (exact) mass is 481 g/mol. The molecule has 1 N–H and O–H groups in total. The lowest BCUT2D eigenvalue weighted by molar-refractivity contribution is -0.113. The molecule has 0 atom stereocenters. The van der Waals surface area contributed by atoms with E-state index >= 15 is 0 Å². The summed E-state index contributed by atoms with van der Waals surface area (Å²) in [5.41, 5.74) is 1.18. The van der Waals surface area contributed by atoms with E-state index in [1.54, 1.807) is 18.2 Å². The van der Waals surface area contributed by atoms with Crippen LogP contribution in [-0.4, -0.2) is 39.5 Å². The van der Waals surface area contributed by atoms with Gasteiger partial charge in [0, 0.05) is 13.1 Å². The Bertz CT molecular complexity index is 1050. The van der Waals surface area contributed by atoms with Crippen LogP contribution in [0.5, 0.6) is 0 Å². The van der Waals surface area contributed by atoms with E-state index in [1.807, 2.05) is 28.8 Å². The number of rotatable bonds is 6. The standard InChI is InChI=1S/C20H18Cl3N5OS/c21-13-6-1-2-9-16(13)28-19(27-10-3-4-11-27)25-26-20(28)30-12-17(29)24-18-14(22)7-5-8-15(18)23/h1-2,5-9H,3-4,10-12H2,(H,24,29). The predicted octanol–water partition coefficient (Wildman–Crippen LogP) is 5.56. The van der Waals surface area contributed by atoms with E-state index in [-0.39, 0.29) is 11.7 Å². The smallest absolute Gasteiger partial charge is 0.234 e. The van der Waals surface area contributed by atoms with Crippen LogP contribution in [0.2, 0.25) is 15.1 Å². The van der Waals surface area contributed by atoms with Crippen LogP contribution in [0.1, 0.15) is 12.8 Å². The minimum absolute atomic E-state index is 0.115. The Morgan fingerprint density at radius 1 is 0.967 bits per heavy atom. The molecule has 6 nitrogen and oxygen atoms in total. The van der Waals surface area contributed by atoms with Gasteiger partial charge in [0.1, 0.15) is 0 Å². The number of carbonyl (C=O) groups is 1. The lowest BCUT2D eigenvalue weighted by Gasteiger charge is -2.19. The molecule has 0 aliphatic carbocycles. The van der Waals surface area contributed by atoms with Gasteiger partial charge >= 0.3 is 0 Å². The van der Waals surface area contributed by atoms with E-state index in [0.29, 0.717) is 25.9 Å². The summed E-state index contributed by atoms with van der Waals surface area (Å²) in [6, 6.07) is 12.6. The second kappa shape index (κ2) is 9.47. The van der Waals surface area contributed by atoms with Crippen LogP contribution in [0.25, 0.3) is 5.69 Å². The van der Waals surface area contributed by atoms with Crippen molar-refractivity contribution in [1.82, 2.24) is 14.8 Å². The van der Waals surface area contributed by atoms with Crippen LogP contribution in [0.4, 0.5) is 11.6 Å². The topological polar surface area (TPSA) is 63.1 Å². The van der Waals surface area contributed by atoms with Crippen LogP contribution in [-0.2, 0) is 4.79 Å². The third kappa shape index (κ3) is 4.54. The van der Waals surface area contributed by atoms with E-state index in [1.165, 1.54) is 11.8 Å². The summed E-state index contributed by atoms with van der Waals surface area (Å²) < 4.78 is 1.91. The van der Waals surface area contributed by atoms with Gasteiger partial charge in [-0.1, -0.05) is 64.8 Å². The summed E-state index contributed by atoms with van der Waals surface area (Å²) in [6.45, 7) is 1.83. The molecule has 30 heavy (non-hydrogen) atoms. The Kier molecular flexibility index (Phi) is 6.73. The fraction of sp³-hybridized carbons (Fsp3) is 0.250.